The van der Waals surface area contributed by atoms with Gasteiger partial charge in [-0.1, -0.05) is 8.93 Å². The highest BCUT2D eigenvalue weighted by atomic mass is 127. The zero-order chi connectivity index (χ0) is 25.7. The highest BCUT2D eigenvalue weighted by molar-refractivity contribution is 14.2. The molecular formula is C23H29IN6O4S2. The third-order valence-corrected chi connectivity index (χ3v) is 9.01. The molecule has 0 saturated carbocycles. The topological polar surface area (TPSA) is 104 Å². The van der Waals surface area contributed by atoms with Crippen molar-refractivity contribution in [3.05, 3.63) is 42.0 Å². The van der Waals surface area contributed by atoms with E-state index in [-0.39, 0.29) is 11.3 Å². The van der Waals surface area contributed by atoms with Crippen molar-refractivity contribution in [1.29, 1.82) is 0 Å². The first-order valence-corrected chi connectivity index (χ1v) is 16.1. The fraction of sp³-hybridized carbons (Fsp3) is 0.478. The van der Waals surface area contributed by atoms with Gasteiger partial charge in [0, 0.05) is 38.2 Å². The maximum atomic E-state index is 13.9. The van der Waals surface area contributed by atoms with Gasteiger partial charge < -0.3 is 14.2 Å². The van der Waals surface area contributed by atoms with Crippen LogP contribution in [0.1, 0.15) is 24.4 Å². The van der Waals surface area contributed by atoms with E-state index in [9.17, 15) is 4.21 Å². The molecule has 13 heteroatoms. The maximum absolute atomic E-state index is 13.9. The molecule has 0 aliphatic carbocycles. The minimum absolute atomic E-state index is 0.212. The lowest BCUT2D eigenvalue weighted by Crippen LogP contribution is -2.38. The van der Waals surface area contributed by atoms with Crippen LogP contribution in [0.2, 0.25) is 0 Å². The fourth-order valence-corrected chi connectivity index (χ4v) is 6.18. The van der Waals surface area contributed by atoms with E-state index in [1.54, 1.807) is 35.5 Å². The Balaban J connectivity index is 1.74. The Bertz CT molecular complexity index is 1200. The first kappa shape index (κ1) is 27.1. The van der Waals surface area contributed by atoms with Crippen molar-refractivity contribution < 1.29 is 18.4 Å². The van der Waals surface area contributed by atoms with Crippen LogP contribution >= 0.6 is 30.1 Å². The van der Waals surface area contributed by atoms with E-state index in [1.807, 2.05) is 40.9 Å². The zero-order valence-corrected chi connectivity index (χ0v) is 24.4. The second-order valence-electron chi connectivity index (χ2n) is 8.36. The number of rotatable bonds is 11. The monoisotopic (exact) mass is 644 g/mol. The number of hydrogen-bond donors (Lipinski definition) is 0. The quantitative estimate of drug-likeness (QED) is 0.288. The van der Waals surface area contributed by atoms with Crippen LogP contribution < -0.4 is 13.8 Å². The van der Waals surface area contributed by atoms with Crippen LogP contribution in [0.3, 0.4) is 0 Å². The number of nitrogens with zero attached hydrogens (tertiary/aromatic N) is 6. The van der Waals surface area contributed by atoms with Gasteiger partial charge in [-0.2, -0.15) is 0 Å². The summed E-state index contributed by atoms with van der Waals surface area (Å²) in [7, 11) is 3.50. The lowest BCUT2D eigenvalue weighted by Gasteiger charge is -2.27. The van der Waals surface area contributed by atoms with Crippen LogP contribution in [0.15, 0.2) is 30.6 Å². The predicted octanol–water partition coefficient (Wildman–Crippen LogP) is 3.82. The second kappa shape index (κ2) is 12.5. The number of halogens is 1. The minimum Gasteiger partial charge on any atom is -0.497 e. The van der Waals surface area contributed by atoms with E-state index in [2.05, 4.69) is 41.4 Å². The molecular weight excluding hydrogens is 615 g/mol. The van der Waals surface area contributed by atoms with Gasteiger partial charge in [-0.25, -0.2) is 14.2 Å². The molecule has 3 unspecified atom stereocenters. The van der Waals surface area contributed by atoms with Crippen LogP contribution in [-0.4, -0.2) is 73.9 Å². The normalized spacial score (nSPS) is 16.3. The number of aromatic nitrogens is 5. The van der Waals surface area contributed by atoms with Gasteiger partial charge in [0.05, 0.1) is 30.6 Å². The first-order valence-electron chi connectivity index (χ1n) is 11.4. The van der Waals surface area contributed by atoms with Gasteiger partial charge in [0.25, 0.3) is 0 Å². The summed E-state index contributed by atoms with van der Waals surface area (Å²) in [6, 6.07) is 5.39. The Morgan fingerprint density at radius 1 is 1.31 bits per heavy atom. The minimum atomic E-state index is -1.42. The van der Waals surface area contributed by atoms with E-state index in [4.69, 9.17) is 14.2 Å². The summed E-state index contributed by atoms with van der Waals surface area (Å²) in [5.74, 6) is 3.94. The molecule has 4 rings (SSSR count). The molecule has 3 aromatic rings. The summed E-state index contributed by atoms with van der Waals surface area (Å²) >= 11 is 2.25. The second-order valence-corrected chi connectivity index (χ2v) is 12.7. The van der Waals surface area contributed by atoms with Crippen molar-refractivity contribution in [1.82, 2.24) is 24.7 Å². The van der Waals surface area contributed by atoms with Crippen molar-refractivity contribution in [2.75, 3.05) is 44.0 Å². The van der Waals surface area contributed by atoms with Gasteiger partial charge in [0.15, 0.2) is 5.82 Å². The third kappa shape index (κ3) is 5.94. The van der Waals surface area contributed by atoms with Crippen molar-refractivity contribution in [3.63, 3.8) is 0 Å². The highest BCUT2D eigenvalue weighted by Gasteiger charge is 2.33. The van der Waals surface area contributed by atoms with E-state index in [0.717, 1.165) is 16.9 Å². The largest absolute Gasteiger partial charge is 0.497 e. The van der Waals surface area contributed by atoms with Gasteiger partial charge in [0.2, 0.25) is 5.95 Å². The summed E-state index contributed by atoms with van der Waals surface area (Å²) < 4.78 is 34.8. The molecule has 2 aromatic heterocycles. The van der Waals surface area contributed by atoms with Crippen molar-refractivity contribution >= 4 is 47.1 Å². The maximum Gasteiger partial charge on any atom is 0.239 e. The predicted molar refractivity (Wildman–Crippen MR) is 150 cm³/mol. The standard InChI is InChI=1S/C23H29IN6O4S2/c1-15-11-25-21(26-12-15)9-16(2)36(31)29(7-8-35-24)23-28-27-22-19-10-18(33-4)5-6-20(19)34-14-17(13-32-3)30(22)23/h5-6,10-12,16-17H,7-9,13-14H2,1-4H3. The van der Waals surface area contributed by atoms with Crippen molar-refractivity contribution in [2.45, 2.75) is 31.6 Å². The molecule has 0 radical (unpaired) electrons. The van der Waals surface area contributed by atoms with Crippen molar-refractivity contribution in [3.8, 4) is 22.9 Å². The lowest BCUT2D eigenvalue weighted by atomic mass is 10.1. The molecule has 0 N–H and O–H groups in total. The molecule has 0 spiro atoms. The number of fused-ring (bicyclic) bond motifs is 3. The Kier molecular flexibility index (Phi) is 9.41. The van der Waals surface area contributed by atoms with Crippen LogP contribution in [0, 0.1) is 6.92 Å². The van der Waals surface area contributed by atoms with E-state index in [1.165, 1.54) is 0 Å². The summed E-state index contributed by atoms with van der Waals surface area (Å²) in [4.78, 5) is 8.80. The number of ether oxygens (including phenoxy) is 3. The summed E-state index contributed by atoms with van der Waals surface area (Å²) in [5.41, 5.74) is 1.75. The Morgan fingerprint density at radius 3 is 2.78 bits per heavy atom. The molecule has 1 aromatic carbocycles. The first-order chi connectivity index (χ1) is 17.5. The molecule has 1 aliphatic heterocycles. The SMILES string of the molecule is COCC1COc2ccc(OC)cc2-c2nnc(N(CCSI)S(=O)C(C)Cc3ncc(C)cn3)n21. The Morgan fingerprint density at radius 2 is 2.08 bits per heavy atom. The average molecular weight is 645 g/mol. The van der Waals surface area contributed by atoms with Gasteiger partial charge in [0.1, 0.15) is 34.9 Å². The third-order valence-electron chi connectivity index (χ3n) is 5.72. The van der Waals surface area contributed by atoms with Crippen LogP contribution in [-0.2, 0) is 22.1 Å². The average Bonchev–Trinajstić information content (AvgIpc) is 3.26. The van der Waals surface area contributed by atoms with Gasteiger partial charge in [-0.05, 0) is 58.8 Å². The molecule has 1 aliphatic rings. The van der Waals surface area contributed by atoms with E-state index < -0.39 is 11.0 Å². The van der Waals surface area contributed by atoms with Crippen molar-refractivity contribution in [2.24, 2.45) is 0 Å². The zero-order valence-electron chi connectivity index (χ0n) is 20.6. The van der Waals surface area contributed by atoms with Gasteiger partial charge in [-0.15, -0.1) is 10.2 Å². The summed E-state index contributed by atoms with van der Waals surface area (Å²) in [5, 5.41) is 8.85. The molecule has 10 nitrogen and oxygen atoms in total. The Labute approximate surface area is 229 Å². The van der Waals surface area contributed by atoms with E-state index in [0.29, 0.717) is 55.3 Å². The highest BCUT2D eigenvalue weighted by Crippen LogP contribution is 2.39. The number of methoxy groups -OCH3 is 2. The Hall–Kier alpha value is -1.97. The molecule has 194 valence electrons. The number of benzene rings is 1. The molecule has 0 saturated heterocycles. The lowest BCUT2D eigenvalue weighted by molar-refractivity contribution is 0.126. The van der Waals surface area contributed by atoms with Crippen LogP contribution in [0.5, 0.6) is 11.5 Å². The van der Waals surface area contributed by atoms with Crippen LogP contribution in [0.25, 0.3) is 11.4 Å². The number of aryl methyl sites for hydroxylation is 1. The smallest absolute Gasteiger partial charge is 0.239 e. The number of anilines is 1. The number of hydrogen-bond acceptors (Lipinski definition) is 9. The molecule has 3 atom stereocenters. The van der Waals surface area contributed by atoms with Gasteiger partial charge >= 0.3 is 0 Å². The summed E-state index contributed by atoms with van der Waals surface area (Å²) in [6.07, 6.45) is 4.04. The molecule has 0 bridgehead atoms. The molecule has 0 fully saturated rings. The summed E-state index contributed by atoms with van der Waals surface area (Å²) in [6.45, 7) is 5.17. The molecule has 36 heavy (non-hydrogen) atoms. The molecule has 0 amide bonds. The fourth-order valence-electron chi connectivity index (χ4n) is 3.94. The van der Waals surface area contributed by atoms with E-state index >= 15 is 0 Å². The molecule has 3 heterocycles. The van der Waals surface area contributed by atoms with Crippen LogP contribution in [0.4, 0.5) is 5.95 Å². The van der Waals surface area contributed by atoms with Gasteiger partial charge in [-0.3, -0.25) is 8.87 Å².